The van der Waals surface area contributed by atoms with Crippen molar-refractivity contribution < 1.29 is 31.6 Å². The van der Waals surface area contributed by atoms with E-state index in [2.05, 4.69) is 24.3 Å². The standard InChI is InChI=1S/C23H19N3O2.BrH/c1-15-9-11-17(12-10-15)21-19-7-2-3-8-20(19)22(24)26(25-21)14-16-5-4-6-18(13-16)23(27)28;/h2-13,24H,14H2,1H3,(H,27,28);1H. The van der Waals surface area contributed by atoms with Crippen LogP contribution in [-0.2, 0) is 6.54 Å². The predicted octanol–water partition coefficient (Wildman–Crippen LogP) is 0.830. The number of anilines is 1. The first-order valence-corrected chi connectivity index (χ1v) is 9.00. The summed E-state index contributed by atoms with van der Waals surface area (Å²) >= 11 is 0. The van der Waals surface area contributed by atoms with E-state index in [9.17, 15) is 9.90 Å². The lowest BCUT2D eigenvalue weighted by Gasteiger charge is -2.10. The van der Waals surface area contributed by atoms with E-state index in [1.165, 1.54) is 5.56 Å². The van der Waals surface area contributed by atoms with Gasteiger partial charge in [-0.25, -0.2) is 4.79 Å². The summed E-state index contributed by atoms with van der Waals surface area (Å²) in [6, 6.07) is 23.0. The highest BCUT2D eigenvalue weighted by atomic mass is 79.9. The van der Waals surface area contributed by atoms with Crippen LogP contribution in [0.15, 0.2) is 72.8 Å². The van der Waals surface area contributed by atoms with Crippen molar-refractivity contribution in [2.75, 3.05) is 5.73 Å². The van der Waals surface area contributed by atoms with E-state index >= 15 is 0 Å². The number of nitrogens with zero attached hydrogens (tertiary/aromatic N) is 2. The second-order valence-electron chi connectivity index (χ2n) is 6.81. The van der Waals surface area contributed by atoms with Crippen LogP contribution in [0.25, 0.3) is 22.0 Å². The highest BCUT2D eigenvalue weighted by Crippen LogP contribution is 2.28. The first kappa shape index (κ1) is 20.5. The van der Waals surface area contributed by atoms with Gasteiger partial charge < -0.3 is 22.1 Å². The fourth-order valence-corrected chi connectivity index (χ4v) is 3.30. The van der Waals surface area contributed by atoms with E-state index in [0.717, 1.165) is 27.6 Å². The summed E-state index contributed by atoms with van der Waals surface area (Å²) in [7, 11) is 0. The molecule has 29 heavy (non-hydrogen) atoms. The third-order valence-electron chi connectivity index (χ3n) is 4.79. The molecule has 0 bridgehead atoms. The number of halogens is 1. The number of hydrogen-bond acceptors (Lipinski definition) is 3. The lowest BCUT2D eigenvalue weighted by Crippen LogP contribution is -3.00. The molecule has 0 aliphatic carbocycles. The van der Waals surface area contributed by atoms with Crippen LogP contribution in [0.2, 0.25) is 0 Å². The number of aryl methyl sites for hydroxylation is 1. The zero-order valence-electron chi connectivity index (χ0n) is 15.8. The molecule has 146 valence electrons. The number of benzene rings is 3. The number of carboxylic acid groups (broad SMARTS) is 1. The topological polar surface area (TPSA) is 80.1 Å². The van der Waals surface area contributed by atoms with Crippen molar-refractivity contribution in [1.82, 2.24) is 5.10 Å². The number of nitrogens with two attached hydrogens (primary N) is 1. The van der Waals surface area contributed by atoms with Crippen LogP contribution in [0.3, 0.4) is 0 Å². The molecule has 0 aliphatic heterocycles. The molecule has 5 nitrogen and oxygen atoms in total. The number of aromatic carboxylic acids is 1. The Morgan fingerprint density at radius 1 is 1.00 bits per heavy atom. The first-order chi connectivity index (χ1) is 13.5. The zero-order chi connectivity index (χ0) is 19.7. The Labute approximate surface area is 179 Å². The summed E-state index contributed by atoms with van der Waals surface area (Å²) in [4.78, 5) is 11.3. The second kappa shape index (κ2) is 8.41. The number of carbonyl (C=O) groups is 1. The molecule has 0 aliphatic rings. The van der Waals surface area contributed by atoms with Crippen molar-refractivity contribution in [3.05, 3.63) is 89.5 Å². The molecular weight excluding hydrogens is 430 g/mol. The molecular formula is C23H20BrN3O2. The van der Waals surface area contributed by atoms with Gasteiger partial charge in [0.15, 0.2) is 0 Å². The largest absolute Gasteiger partial charge is 1.00 e. The molecule has 0 amide bonds. The molecule has 0 unspecified atom stereocenters. The van der Waals surface area contributed by atoms with E-state index in [-0.39, 0.29) is 22.5 Å². The summed E-state index contributed by atoms with van der Waals surface area (Å²) in [5.41, 5.74) is 10.5. The van der Waals surface area contributed by atoms with Gasteiger partial charge in [-0.2, -0.15) is 0 Å². The summed E-state index contributed by atoms with van der Waals surface area (Å²) in [6.07, 6.45) is 0. The van der Waals surface area contributed by atoms with Gasteiger partial charge in [-0.15, -0.1) is 4.68 Å². The summed E-state index contributed by atoms with van der Waals surface area (Å²) in [5, 5.41) is 16.0. The molecule has 3 aromatic carbocycles. The SMILES string of the molecule is Cc1ccc(-c2n[n+](Cc3cccc(C(=O)O)c3)c(N)c3ccccc23)cc1.[Br-]. The molecule has 6 heteroatoms. The van der Waals surface area contributed by atoms with Gasteiger partial charge in [0.2, 0.25) is 0 Å². The lowest BCUT2D eigenvalue weighted by molar-refractivity contribution is -0.730. The van der Waals surface area contributed by atoms with E-state index in [0.29, 0.717) is 12.4 Å². The molecule has 0 saturated carbocycles. The molecule has 1 heterocycles. The van der Waals surface area contributed by atoms with Gasteiger partial charge in [-0.05, 0) is 30.7 Å². The van der Waals surface area contributed by atoms with E-state index in [4.69, 9.17) is 10.8 Å². The maximum absolute atomic E-state index is 11.3. The van der Waals surface area contributed by atoms with Crippen molar-refractivity contribution in [2.45, 2.75) is 13.5 Å². The zero-order valence-corrected chi connectivity index (χ0v) is 17.4. The normalized spacial score (nSPS) is 10.5. The van der Waals surface area contributed by atoms with Crippen molar-refractivity contribution >= 4 is 22.6 Å². The van der Waals surface area contributed by atoms with Crippen LogP contribution in [0.4, 0.5) is 5.82 Å². The van der Waals surface area contributed by atoms with Crippen molar-refractivity contribution in [2.24, 2.45) is 0 Å². The first-order valence-electron chi connectivity index (χ1n) is 9.00. The highest BCUT2D eigenvalue weighted by Gasteiger charge is 2.18. The molecule has 4 aromatic rings. The van der Waals surface area contributed by atoms with Crippen LogP contribution < -0.4 is 27.4 Å². The third-order valence-corrected chi connectivity index (χ3v) is 4.79. The Kier molecular flexibility index (Phi) is 5.94. The number of carboxylic acids is 1. The van der Waals surface area contributed by atoms with Gasteiger partial charge >= 0.3 is 11.8 Å². The summed E-state index contributed by atoms with van der Waals surface area (Å²) < 4.78 is 1.73. The summed E-state index contributed by atoms with van der Waals surface area (Å²) in [6.45, 7) is 2.44. The van der Waals surface area contributed by atoms with Crippen LogP contribution in [0.5, 0.6) is 0 Å². The predicted molar refractivity (Wildman–Crippen MR) is 109 cm³/mol. The average molecular weight is 450 g/mol. The second-order valence-corrected chi connectivity index (χ2v) is 6.81. The molecule has 0 spiro atoms. The van der Waals surface area contributed by atoms with Crippen molar-refractivity contribution in [3.63, 3.8) is 0 Å². The lowest BCUT2D eigenvalue weighted by atomic mass is 10.0. The van der Waals surface area contributed by atoms with E-state index in [1.54, 1.807) is 22.9 Å². The molecule has 0 fully saturated rings. The molecule has 0 saturated heterocycles. The number of rotatable bonds is 4. The minimum Gasteiger partial charge on any atom is -1.00 e. The maximum atomic E-state index is 11.3. The molecule has 0 radical (unpaired) electrons. The minimum absolute atomic E-state index is 0. The quantitative estimate of drug-likeness (QED) is 0.452. The van der Waals surface area contributed by atoms with E-state index < -0.39 is 5.97 Å². The van der Waals surface area contributed by atoms with Crippen LogP contribution in [0, 0.1) is 6.92 Å². The smallest absolute Gasteiger partial charge is 0.335 e. The monoisotopic (exact) mass is 449 g/mol. The Bertz CT molecular complexity index is 1190. The molecule has 0 atom stereocenters. The fourth-order valence-electron chi connectivity index (χ4n) is 3.30. The van der Waals surface area contributed by atoms with Crippen LogP contribution >= 0.6 is 0 Å². The Hall–Kier alpha value is -3.25. The van der Waals surface area contributed by atoms with Gasteiger partial charge in [0.25, 0.3) is 0 Å². The van der Waals surface area contributed by atoms with E-state index in [1.807, 2.05) is 37.3 Å². The third kappa shape index (κ3) is 4.12. The van der Waals surface area contributed by atoms with Crippen LogP contribution in [0.1, 0.15) is 21.5 Å². The fraction of sp³-hybridized carbons (Fsp3) is 0.0870. The Morgan fingerprint density at radius 3 is 2.38 bits per heavy atom. The maximum Gasteiger partial charge on any atom is 0.335 e. The Balaban J connectivity index is 0.00000240. The molecule has 1 aromatic heterocycles. The van der Waals surface area contributed by atoms with Gasteiger partial charge in [-0.1, -0.05) is 65.3 Å². The number of nitrogen functional groups attached to an aromatic ring is 1. The van der Waals surface area contributed by atoms with Crippen molar-refractivity contribution in [3.8, 4) is 11.3 Å². The van der Waals surface area contributed by atoms with Crippen LogP contribution in [-0.4, -0.2) is 16.2 Å². The highest BCUT2D eigenvalue weighted by molar-refractivity contribution is 5.98. The van der Waals surface area contributed by atoms with Gasteiger partial charge in [0, 0.05) is 10.9 Å². The van der Waals surface area contributed by atoms with Gasteiger partial charge in [0.1, 0.15) is 12.2 Å². The number of fused-ring (bicyclic) bond motifs is 1. The average Bonchev–Trinajstić information content (AvgIpc) is 2.71. The molecule has 3 N–H and O–H groups in total. The Morgan fingerprint density at radius 2 is 1.69 bits per heavy atom. The minimum atomic E-state index is -0.952. The van der Waals surface area contributed by atoms with Gasteiger partial charge in [-0.3, -0.25) is 5.73 Å². The van der Waals surface area contributed by atoms with Gasteiger partial charge in [0.05, 0.1) is 10.9 Å². The molecule has 4 rings (SSSR count). The number of hydrogen-bond donors (Lipinski definition) is 2. The summed E-state index contributed by atoms with van der Waals surface area (Å²) in [5.74, 6) is -0.404. The van der Waals surface area contributed by atoms with Crippen molar-refractivity contribution in [1.29, 1.82) is 0 Å². The number of aromatic nitrogens is 2.